The molecule has 2 heterocycles. The lowest BCUT2D eigenvalue weighted by Gasteiger charge is -2.34. The minimum Gasteiger partial charge on any atom is -0.493 e. The summed E-state index contributed by atoms with van der Waals surface area (Å²) < 4.78 is 5.71. The molecule has 0 aromatic heterocycles. The zero-order valence-corrected chi connectivity index (χ0v) is 26.0. The molecule has 1 aromatic carbocycles. The Kier molecular flexibility index (Phi) is 11.6. The first-order valence-corrected chi connectivity index (χ1v) is 15.2. The minimum atomic E-state index is -0.777. The van der Waals surface area contributed by atoms with Crippen molar-refractivity contribution in [2.24, 2.45) is 11.3 Å². The molecule has 1 aromatic rings. The molecule has 3 rings (SSSR count). The first kappa shape index (κ1) is 32.1. The number of carboxylic acid groups (broad SMARTS) is 1. The van der Waals surface area contributed by atoms with Crippen molar-refractivity contribution in [1.82, 2.24) is 14.7 Å². The highest BCUT2D eigenvalue weighted by Gasteiger charge is 2.48. The van der Waals surface area contributed by atoms with E-state index in [2.05, 4.69) is 70.7 Å². The van der Waals surface area contributed by atoms with E-state index in [1.54, 1.807) is 0 Å². The van der Waals surface area contributed by atoms with Gasteiger partial charge in [-0.3, -0.25) is 14.5 Å². The highest BCUT2D eigenvalue weighted by molar-refractivity contribution is 5.79. The fraction of sp³-hybridized carbons (Fsp3) is 0.697. The number of nitrogens with zero attached hydrogens (tertiary/aromatic N) is 3. The van der Waals surface area contributed by atoms with E-state index in [0.29, 0.717) is 19.6 Å². The van der Waals surface area contributed by atoms with Gasteiger partial charge in [0.05, 0.1) is 19.1 Å². The maximum atomic E-state index is 13.8. The molecular formula is C33H53N3O4. The van der Waals surface area contributed by atoms with E-state index in [4.69, 9.17) is 4.74 Å². The number of ether oxygens (including phenoxy) is 1. The second-order valence-electron chi connectivity index (χ2n) is 13.1. The van der Waals surface area contributed by atoms with Gasteiger partial charge in [0.15, 0.2) is 0 Å². The zero-order valence-electron chi connectivity index (χ0n) is 26.0. The molecule has 0 spiro atoms. The van der Waals surface area contributed by atoms with Gasteiger partial charge in [-0.1, -0.05) is 51.0 Å². The van der Waals surface area contributed by atoms with Crippen molar-refractivity contribution < 1.29 is 19.4 Å². The van der Waals surface area contributed by atoms with E-state index >= 15 is 0 Å². The third-order valence-electron chi connectivity index (χ3n) is 8.35. The fourth-order valence-electron chi connectivity index (χ4n) is 6.62. The number of amides is 1. The Labute approximate surface area is 242 Å². The van der Waals surface area contributed by atoms with Gasteiger partial charge in [0.2, 0.25) is 5.91 Å². The molecule has 1 amide bonds. The molecule has 2 aliphatic rings. The smallest absolute Gasteiger partial charge is 0.308 e. The number of unbranched alkanes of at least 4 members (excludes halogenated alkanes) is 2. The molecule has 0 radical (unpaired) electrons. The number of benzene rings is 1. The van der Waals surface area contributed by atoms with Crippen molar-refractivity contribution in [2.75, 3.05) is 53.4 Å². The predicted octanol–water partition coefficient (Wildman–Crippen LogP) is 5.44. The van der Waals surface area contributed by atoms with Gasteiger partial charge < -0.3 is 19.6 Å². The average Bonchev–Trinajstić information content (AvgIpc) is 3.46. The van der Waals surface area contributed by atoms with Gasteiger partial charge >= 0.3 is 5.97 Å². The number of allylic oxidation sites excluding steroid dienone is 2. The zero-order chi connectivity index (χ0) is 29.4. The topological polar surface area (TPSA) is 73.3 Å². The Morgan fingerprint density at radius 1 is 1.12 bits per heavy atom. The minimum absolute atomic E-state index is 0.121. The molecular weight excluding hydrogens is 502 g/mol. The van der Waals surface area contributed by atoms with E-state index in [-0.39, 0.29) is 29.8 Å². The van der Waals surface area contributed by atoms with Gasteiger partial charge in [-0.15, -0.1) is 0 Å². The lowest BCUT2D eigenvalue weighted by Crippen LogP contribution is -2.46. The van der Waals surface area contributed by atoms with E-state index in [0.717, 1.165) is 68.6 Å². The Balaban J connectivity index is 1.88. The van der Waals surface area contributed by atoms with Crippen molar-refractivity contribution in [3.8, 4) is 5.75 Å². The van der Waals surface area contributed by atoms with Gasteiger partial charge in [0.25, 0.3) is 0 Å². The largest absolute Gasteiger partial charge is 0.493 e. The van der Waals surface area contributed by atoms with Crippen molar-refractivity contribution in [3.63, 3.8) is 0 Å². The monoisotopic (exact) mass is 555 g/mol. The molecule has 0 bridgehead atoms. The van der Waals surface area contributed by atoms with E-state index in [9.17, 15) is 14.7 Å². The van der Waals surface area contributed by atoms with Crippen LogP contribution in [0.1, 0.15) is 83.8 Å². The maximum absolute atomic E-state index is 13.8. The first-order chi connectivity index (χ1) is 18.9. The summed E-state index contributed by atoms with van der Waals surface area (Å²) in [6, 6.07) is 5.94. The molecule has 7 nitrogen and oxygen atoms in total. The molecule has 40 heavy (non-hydrogen) atoms. The number of carboxylic acids is 1. The van der Waals surface area contributed by atoms with Crippen molar-refractivity contribution in [2.45, 2.75) is 85.1 Å². The summed E-state index contributed by atoms with van der Waals surface area (Å²) in [6.45, 7) is 14.7. The Morgan fingerprint density at radius 2 is 1.82 bits per heavy atom. The number of carbonyl (C=O) groups excluding carboxylic acids is 1. The molecule has 3 atom stereocenters. The number of hydrogen-bond donors (Lipinski definition) is 1. The van der Waals surface area contributed by atoms with Gasteiger partial charge in [-0.05, 0) is 82.8 Å². The van der Waals surface area contributed by atoms with E-state index in [1.165, 1.54) is 5.57 Å². The van der Waals surface area contributed by atoms with Crippen molar-refractivity contribution in [1.29, 1.82) is 0 Å². The normalized spacial score (nSPS) is 20.9. The number of fused-ring (bicyclic) bond motifs is 1. The maximum Gasteiger partial charge on any atom is 0.308 e. The quantitative estimate of drug-likeness (QED) is 0.229. The van der Waals surface area contributed by atoms with Crippen LogP contribution in [0.3, 0.4) is 0 Å². The van der Waals surface area contributed by atoms with Crippen LogP contribution in [0.4, 0.5) is 0 Å². The van der Waals surface area contributed by atoms with Gasteiger partial charge in [-0.25, -0.2) is 0 Å². The van der Waals surface area contributed by atoms with Crippen LogP contribution in [0.15, 0.2) is 29.8 Å². The van der Waals surface area contributed by atoms with Crippen molar-refractivity contribution in [3.05, 3.63) is 41.0 Å². The van der Waals surface area contributed by atoms with Gasteiger partial charge in [0, 0.05) is 38.0 Å². The molecule has 7 heteroatoms. The summed E-state index contributed by atoms with van der Waals surface area (Å²) in [6.07, 6.45) is 7.83. The second-order valence-corrected chi connectivity index (χ2v) is 13.1. The summed E-state index contributed by atoms with van der Waals surface area (Å²) in [5, 5.41) is 10.6. The second kappa shape index (κ2) is 14.5. The number of likely N-dealkylation sites (tertiary alicyclic amines) is 1. The molecule has 0 saturated carbocycles. The Bertz CT molecular complexity index is 1030. The van der Waals surface area contributed by atoms with Crippen LogP contribution in [0.2, 0.25) is 0 Å². The lowest BCUT2D eigenvalue weighted by molar-refractivity contribution is -0.144. The van der Waals surface area contributed by atoms with Crippen LogP contribution >= 0.6 is 0 Å². The lowest BCUT2D eigenvalue weighted by atomic mass is 9.77. The van der Waals surface area contributed by atoms with Gasteiger partial charge in [-0.2, -0.15) is 0 Å². The molecule has 0 aliphatic carbocycles. The van der Waals surface area contributed by atoms with Crippen LogP contribution in [-0.4, -0.2) is 91.2 Å². The number of carbonyl (C=O) groups is 2. The molecule has 1 saturated heterocycles. The summed E-state index contributed by atoms with van der Waals surface area (Å²) >= 11 is 0. The molecule has 224 valence electrons. The van der Waals surface area contributed by atoms with Crippen molar-refractivity contribution >= 4 is 11.9 Å². The van der Waals surface area contributed by atoms with E-state index < -0.39 is 11.9 Å². The standard InChI is InChI=1S/C33H53N3O4/c1-8-9-16-35(17-11-10-15-34(6)7)30(37)23-36-22-27(25-12-13-29-26(19-25)14-18-40-29)31(32(38)39)28(36)21-33(4,5)20-24(2)3/h12-13,19-20,27-28,31H,8-11,14-18,21-23H2,1-7H3,(H,38,39). The molecule has 3 unspecified atom stereocenters. The third-order valence-corrected chi connectivity index (χ3v) is 8.35. The van der Waals surface area contributed by atoms with Crippen LogP contribution in [-0.2, 0) is 16.0 Å². The highest BCUT2D eigenvalue weighted by atomic mass is 16.5. The third kappa shape index (κ3) is 8.81. The number of rotatable bonds is 15. The fourth-order valence-corrected chi connectivity index (χ4v) is 6.62. The van der Waals surface area contributed by atoms with Gasteiger partial charge in [0.1, 0.15) is 5.75 Å². The van der Waals surface area contributed by atoms with Crippen LogP contribution in [0.25, 0.3) is 0 Å². The van der Waals surface area contributed by atoms with Crippen LogP contribution < -0.4 is 4.74 Å². The summed E-state index contributed by atoms with van der Waals surface area (Å²) in [7, 11) is 4.15. The van der Waals surface area contributed by atoms with Crippen LogP contribution in [0, 0.1) is 11.3 Å². The molecule has 1 fully saturated rings. The highest BCUT2D eigenvalue weighted by Crippen LogP contribution is 2.44. The Hall–Kier alpha value is -2.38. The number of aliphatic carboxylic acids is 1. The SMILES string of the molecule is CCCCN(CCCCN(C)C)C(=O)CN1CC(c2ccc3c(c2)CCO3)C(C(=O)O)C1CC(C)(C)C=C(C)C. The Morgan fingerprint density at radius 3 is 2.48 bits per heavy atom. The average molecular weight is 556 g/mol. The van der Waals surface area contributed by atoms with Crippen LogP contribution in [0.5, 0.6) is 5.75 Å². The summed E-state index contributed by atoms with van der Waals surface area (Å²) in [4.78, 5) is 33.1. The molecule has 1 N–H and O–H groups in total. The predicted molar refractivity (Wildman–Crippen MR) is 162 cm³/mol. The number of hydrogen-bond acceptors (Lipinski definition) is 5. The first-order valence-electron chi connectivity index (χ1n) is 15.2. The molecule has 2 aliphatic heterocycles. The summed E-state index contributed by atoms with van der Waals surface area (Å²) in [5.74, 6) is -0.505. The van der Waals surface area contributed by atoms with E-state index in [1.807, 2.05) is 17.0 Å². The summed E-state index contributed by atoms with van der Waals surface area (Å²) in [5.41, 5.74) is 3.23.